The van der Waals surface area contributed by atoms with E-state index in [1.165, 1.54) is 24.3 Å². The average Bonchev–Trinajstić information content (AvgIpc) is 2.15. The molecular weight excluding hydrogens is 206 g/mol. The van der Waals surface area contributed by atoms with Gasteiger partial charge in [-0.25, -0.2) is 0 Å². The maximum Gasteiger partial charge on any atom is 0.255 e. The van der Waals surface area contributed by atoms with Crippen molar-refractivity contribution in [2.75, 3.05) is 6.61 Å². The van der Waals surface area contributed by atoms with E-state index < -0.39 is 17.0 Å². The van der Waals surface area contributed by atoms with Crippen LogP contribution in [0, 0.1) is 0 Å². The first-order chi connectivity index (χ1) is 6.59. The monoisotopic (exact) mass is 214 g/mol. The molecule has 0 fully saturated rings. The van der Waals surface area contributed by atoms with Gasteiger partial charge in [0, 0.05) is 4.90 Å². The van der Waals surface area contributed by atoms with E-state index in [4.69, 9.17) is 10.5 Å². The molecule has 1 amide bonds. The third kappa shape index (κ3) is 3.15. The minimum atomic E-state index is -2.25. The first-order valence-electron chi connectivity index (χ1n) is 3.70. The van der Waals surface area contributed by atoms with Crippen LogP contribution in [0.2, 0.25) is 0 Å². The molecule has 6 heteroatoms. The van der Waals surface area contributed by atoms with Crippen LogP contribution >= 0.6 is 0 Å². The number of hydrogen-bond acceptors (Lipinski definition) is 4. The molecule has 0 aliphatic heterocycles. The number of benzene rings is 1. The van der Waals surface area contributed by atoms with Gasteiger partial charge in [0.2, 0.25) is 0 Å². The van der Waals surface area contributed by atoms with E-state index in [2.05, 4.69) is 0 Å². The van der Waals surface area contributed by atoms with Crippen LogP contribution in [0.5, 0.6) is 5.75 Å². The molecule has 2 N–H and O–H groups in total. The molecule has 0 heterocycles. The third-order valence-corrected chi connectivity index (χ3v) is 2.05. The third-order valence-electron chi connectivity index (χ3n) is 1.40. The van der Waals surface area contributed by atoms with Crippen molar-refractivity contribution in [1.82, 2.24) is 0 Å². The summed E-state index contributed by atoms with van der Waals surface area (Å²) in [6, 6.07) is 5.65. The Morgan fingerprint density at radius 2 is 2.00 bits per heavy atom. The van der Waals surface area contributed by atoms with Crippen molar-refractivity contribution in [2.45, 2.75) is 4.90 Å². The molecule has 0 aliphatic rings. The van der Waals surface area contributed by atoms with Crippen LogP contribution in [-0.2, 0) is 15.9 Å². The van der Waals surface area contributed by atoms with Gasteiger partial charge in [-0.1, -0.05) is 0 Å². The highest BCUT2D eigenvalue weighted by Gasteiger charge is 1.97. The second-order valence-electron chi connectivity index (χ2n) is 2.46. The van der Waals surface area contributed by atoms with Crippen molar-refractivity contribution in [3.05, 3.63) is 24.3 Å². The number of amides is 1. The molecular formula is C8H8NO4S-. The molecule has 0 aromatic heterocycles. The van der Waals surface area contributed by atoms with Crippen LogP contribution in [0.3, 0.4) is 0 Å². The molecule has 0 spiro atoms. The highest BCUT2D eigenvalue weighted by Crippen LogP contribution is 2.13. The van der Waals surface area contributed by atoms with Crippen LogP contribution in [-0.4, -0.2) is 21.3 Å². The summed E-state index contributed by atoms with van der Waals surface area (Å²) < 4.78 is 25.9. The zero-order valence-electron chi connectivity index (χ0n) is 7.14. The summed E-state index contributed by atoms with van der Waals surface area (Å²) in [5.74, 6) is -0.181. The topological polar surface area (TPSA) is 92.5 Å². The molecule has 0 saturated carbocycles. The Kier molecular flexibility index (Phi) is 3.61. The Hall–Kier alpha value is -1.40. The van der Waals surface area contributed by atoms with E-state index in [1.54, 1.807) is 0 Å². The van der Waals surface area contributed by atoms with E-state index in [0.717, 1.165) is 0 Å². The minimum absolute atomic E-state index is 0.163. The zero-order valence-corrected chi connectivity index (χ0v) is 7.95. The first-order valence-corrected chi connectivity index (χ1v) is 4.77. The van der Waals surface area contributed by atoms with Crippen LogP contribution in [0.15, 0.2) is 29.2 Å². The fourth-order valence-electron chi connectivity index (χ4n) is 0.801. The molecule has 1 rings (SSSR count). The zero-order chi connectivity index (χ0) is 10.6. The Morgan fingerprint density at radius 1 is 1.43 bits per heavy atom. The fraction of sp³-hybridized carbons (Fsp3) is 0.125. The lowest BCUT2D eigenvalue weighted by Gasteiger charge is -2.06. The summed E-state index contributed by atoms with van der Waals surface area (Å²) in [5.41, 5.74) is 4.86. The van der Waals surface area contributed by atoms with E-state index in [-0.39, 0.29) is 11.5 Å². The molecule has 0 bridgehead atoms. The van der Waals surface area contributed by atoms with E-state index >= 15 is 0 Å². The maximum atomic E-state index is 10.5. The first kappa shape index (κ1) is 10.7. The Labute approximate surface area is 83.2 Å². The minimum Gasteiger partial charge on any atom is -0.768 e. The van der Waals surface area contributed by atoms with Crippen molar-refractivity contribution >= 4 is 17.0 Å². The van der Waals surface area contributed by atoms with Crippen LogP contribution in [0.4, 0.5) is 0 Å². The van der Waals surface area contributed by atoms with Crippen LogP contribution in [0.1, 0.15) is 0 Å². The van der Waals surface area contributed by atoms with Gasteiger partial charge in [0.25, 0.3) is 5.91 Å². The fourth-order valence-corrected chi connectivity index (χ4v) is 1.16. The summed E-state index contributed by atoms with van der Waals surface area (Å²) in [7, 11) is 0. The summed E-state index contributed by atoms with van der Waals surface area (Å²) in [6.07, 6.45) is 0. The van der Waals surface area contributed by atoms with E-state index in [1.807, 2.05) is 0 Å². The molecule has 76 valence electrons. The SMILES string of the molecule is NC(=O)COc1ccc(S(=O)[O-])cc1. The second-order valence-corrected chi connectivity index (χ2v) is 3.40. The van der Waals surface area contributed by atoms with E-state index in [0.29, 0.717) is 5.75 Å². The highest BCUT2D eigenvalue weighted by molar-refractivity contribution is 7.79. The summed E-state index contributed by atoms with van der Waals surface area (Å²) in [5, 5.41) is 0. The summed E-state index contributed by atoms with van der Waals surface area (Å²) >= 11 is -2.25. The van der Waals surface area contributed by atoms with E-state index in [9.17, 15) is 13.6 Å². The molecule has 5 nitrogen and oxygen atoms in total. The molecule has 1 aromatic rings. The standard InChI is InChI=1S/C8H9NO4S/c9-8(10)5-13-6-1-3-7(4-2-6)14(11)12/h1-4H,5H2,(H2,9,10)(H,11,12)/p-1. The highest BCUT2D eigenvalue weighted by atomic mass is 32.2. The maximum absolute atomic E-state index is 10.5. The van der Waals surface area contributed by atoms with Crippen molar-refractivity contribution in [3.63, 3.8) is 0 Å². The molecule has 0 radical (unpaired) electrons. The number of carbonyl (C=O) groups excluding carboxylic acids is 1. The van der Waals surface area contributed by atoms with Gasteiger partial charge in [-0.15, -0.1) is 0 Å². The quantitative estimate of drug-likeness (QED) is 0.702. The van der Waals surface area contributed by atoms with Crippen molar-refractivity contribution < 1.29 is 18.3 Å². The number of nitrogens with two attached hydrogens (primary N) is 1. The van der Waals surface area contributed by atoms with Gasteiger partial charge in [-0.3, -0.25) is 9.00 Å². The van der Waals surface area contributed by atoms with Gasteiger partial charge >= 0.3 is 0 Å². The molecule has 1 atom stereocenters. The van der Waals surface area contributed by atoms with Gasteiger partial charge in [0.05, 0.1) is 0 Å². The summed E-state index contributed by atoms with van der Waals surface area (Å²) in [6.45, 7) is -0.222. The molecule has 1 unspecified atom stereocenters. The number of hydrogen-bond donors (Lipinski definition) is 1. The van der Waals surface area contributed by atoms with Gasteiger partial charge in [0.15, 0.2) is 6.61 Å². The Balaban J connectivity index is 2.64. The Morgan fingerprint density at radius 3 is 2.43 bits per heavy atom. The number of primary amides is 1. The van der Waals surface area contributed by atoms with Crippen molar-refractivity contribution in [1.29, 1.82) is 0 Å². The smallest absolute Gasteiger partial charge is 0.255 e. The van der Waals surface area contributed by atoms with Crippen LogP contribution < -0.4 is 10.5 Å². The molecule has 0 saturated heterocycles. The molecule has 1 aromatic carbocycles. The lowest BCUT2D eigenvalue weighted by Crippen LogP contribution is -2.19. The molecule has 14 heavy (non-hydrogen) atoms. The number of ether oxygens (including phenoxy) is 1. The predicted octanol–water partition coefficient (Wildman–Crippen LogP) is -0.211. The van der Waals surface area contributed by atoms with Crippen LogP contribution in [0.25, 0.3) is 0 Å². The lowest BCUT2D eigenvalue weighted by atomic mass is 10.3. The molecule has 0 aliphatic carbocycles. The van der Waals surface area contributed by atoms with Gasteiger partial charge in [-0.2, -0.15) is 0 Å². The van der Waals surface area contributed by atoms with Gasteiger partial charge < -0.3 is 15.0 Å². The van der Waals surface area contributed by atoms with Gasteiger partial charge in [-0.05, 0) is 35.3 Å². The van der Waals surface area contributed by atoms with Crippen molar-refractivity contribution in [3.8, 4) is 5.75 Å². The average molecular weight is 214 g/mol. The summed E-state index contributed by atoms with van der Waals surface area (Å²) in [4.78, 5) is 10.5. The lowest BCUT2D eigenvalue weighted by molar-refractivity contribution is -0.119. The number of rotatable bonds is 4. The second kappa shape index (κ2) is 4.73. The predicted molar refractivity (Wildman–Crippen MR) is 48.3 cm³/mol. The largest absolute Gasteiger partial charge is 0.768 e. The Bertz CT molecular complexity index is 349. The van der Waals surface area contributed by atoms with Crippen molar-refractivity contribution in [2.24, 2.45) is 5.73 Å². The number of carbonyl (C=O) groups is 1. The van der Waals surface area contributed by atoms with Gasteiger partial charge in [0.1, 0.15) is 5.75 Å². The normalized spacial score (nSPS) is 12.1.